The van der Waals surface area contributed by atoms with Crippen LogP contribution in [0.25, 0.3) is 0 Å². The number of likely N-dealkylation sites (N-methyl/N-ethyl adjacent to an activating group) is 1. The fourth-order valence-corrected chi connectivity index (χ4v) is 2.93. The molecule has 3 rings (SSSR count). The molecule has 126 valence electrons. The SMILES string of the molecule is CN1CC=C[C@@H]1C(COCc1ccccc1)OCc1ccccc1. The van der Waals surface area contributed by atoms with Crippen molar-refractivity contribution in [2.45, 2.75) is 25.4 Å². The van der Waals surface area contributed by atoms with Crippen LogP contribution in [-0.4, -0.2) is 37.2 Å². The molecule has 0 bridgehead atoms. The smallest absolute Gasteiger partial charge is 0.100 e. The Morgan fingerprint density at radius 3 is 2.17 bits per heavy atom. The molecule has 0 aliphatic carbocycles. The lowest BCUT2D eigenvalue weighted by Crippen LogP contribution is -2.41. The first-order valence-electron chi connectivity index (χ1n) is 8.47. The van der Waals surface area contributed by atoms with Gasteiger partial charge in [-0.1, -0.05) is 72.8 Å². The molecule has 0 N–H and O–H groups in total. The molecule has 0 amide bonds. The normalized spacial score (nSPS) is 18.8. The van der Waals surface area contributed by atoms with E-state index >= 15 is 0 Å². The Hall–Kier alpha value is -1.94. The highest BCUT2D eigenvalue weighted by Gasteiger charge is 2.26. The third kappa shape index (κ3) is 4.78. The van der Waals surface area contributed by atoms with Gasteiger partial charge in [-0.3, -0.25) is 4.90 Å². The minimum absolute atomic E-state index is 0.0256. The Morgan fingerprint density at radius 2 is 1.58 bits per heavy atom. The predicted octanol–water partition coefficient (Wildman–Crippen LogP) is 3.66. The van der Waals surface area contributed by atoms with E-state index in [1.54, 1.807) is 0 Å². The van der Waals surface area contributed by atoms with Crippen LogP contribution in [0.3, 0.4) is 0 Å². The fourth-order valence-electron chi connectivity index (χ4n) is 2.93. The van der Waals surface area contributed by atoms with Crippen LogP contribution in [0.1, 0.15) is 11.1 Å². The summed E-state index contributed by atoms with van der Waals surface area (Å²) in [5.41, 5.74) is 2.38. The molecule has 1 aliphatic heterocycles. The van der Waals surface area contributed by atoms with Crippen LogP contribution in [0.5, 0.6) is 0 Å². The van der Waals surface area contributed by atoms with E-state index < -0.39 is 0 Å². The summed E-state index contributed by atoms with van der Waals surface area (Å²) in [6.45, 7) is 2.78. The summed E-state index contributed by atoms with van der Waals surface area (Å²) >= 11 is 0. The van der Waals surface area contributed by atoms with Crippen molar-refractivity contribution < 1.29 is 9.47 Å². The van der Waals surface area contributed by atoms with Gasteiger partial charge in [0.25, 0.3) is 0 Å². The van der Waals surface area contributed by atoms with E-state index in [-0.39, 0.29) is 12.1 Å². The monoisotopic (exact) mass is 323 g/mol. The summed E-state index contributed by atoms with van der Waals surface area (Å²) in [7, 11) is 2.13. The van der Waals surface area contributed by atoms with E-state index in [4.69, 9.17) is 9.47 Å². The predicted molar refractivity (Wildman–Crippen MR) is 96.7 cm³/mol. The van der Waals surface area contributed by atoms with Crippen LogP contribution in [-0.2, 0) is 22.7 Å². The standard InChI is InChI=1S/C21H25NO2/c1-22-14-8-13-20(22)21(24-16-19-11-6-3-7-12-19)17-23-15-18-9-4-2-5-10-18/h2-13,20-21H,14-17H2,1H3/t20-,21?/m1/s1. The van der Waals surface area contributed by atoms with Gasteiger partial charge in [-0.15, -0.1) is 0 Å². The zero-order chi connectivity index (χ0) is 16.6. The first-order chi connectivity index (χ1) is 11.8. The average Bonchev–Trinajstić information content (AvgIpc) is 3.05. The van der Waals surface area contributed by atoms with Crippen molar-refractivity contribution in [1.29, 1.82) is 0 Å². The molecule has 2 atom stereocenters. The van der Waals surface area contributed by atoms with Crippen LogP contribution >= 0.6 is 0 Å². The van der Waals surface area contributed by atoms with E-state index in [1.807, 2.05) is 36.4 Å². The molecule has 3 heteroatoms. The van der Waals surface area contributed by atoms with Gasteiger partial charge in [0.05, 0.1) is 25.9 Å². The quantitative estimate of drug-likeness (QED) is 0.692. The van der Waals surface area contributed by atoms with Gasteiger partial charge in [0.15, 0.2) is 0 Å². The molecule has 24 heavy (non-hydrogen) atoms. The van der Waals surface area contributed by atoms with Crippen LogP contribution < -0.4 is 0 Å². The number of nitrogens with zero attached hydrogens (tertiary/aromatic N) is 1. The first-order valence-corrected chi connectivity index (χ1v) is 8.47. The third-order valence-corrected chi connectivity index (χ3v) is 4.32. The van der Waals surface area contributed by atoms with E-state index in [0.717, 1.165) is 6.54 Å². The molecular weight excluding hydrogens is 298 g/mol. The molecule has 2 aromatic rings. The van der Waals surface area contributed by atoms with Gasteiger partial charge in [-0.25, -0.2) is 0 Å². The van der Waals surface area contributed by atoms with Crippen LogP contribution in [0.4, 0.5) is 0 Å². The Kier molecular flexibility index (Phi) is 6.19. The van der Waals surface area contributed by atoms with Gasteiger partial charge in [0.1, 0.15) is 6.10 Å². The van der Waals surface area contributed by atoms with Gasteiger partial charge in [0.2, 0.25) is 0 Å². The summed E-state index contributed by atoms with van der Waals surface area (Å²) in [4.78, 5) is 2.29. The van der Waals surface area contributed by atoms with Gasteiger partial charge < -0.3 is 9.47 Å². The third-order valence-electron chi connectivity index (χ3n) is 4.32. The second kappa shape index (κ2) is 8.78. The summed E-state index contributed by atoms with van der Waals surface area (Å²) in [6, 6.07) is 20.8. The molecule has 0 spiro atoms. The Labute approximate surface area is 144 Å². The van der Waals surface area contributed by atoms with Crippen molar-refractivity contribution in [3.8, 4) is 0 Å². The lowest BCUT2D eigenvalue weighted by atomic mass is 10.1. The van der Waals surface area contributed by atoms with Crippen LogP contribution in [0.2, 0.25) is 0 Å². The highest BCUT2D eigenvalue weighted by Crippen LogP contribution is 2.17. The van der Waals surface area contributed by atoms with Crippen molar-refractivity contribution in [2.75, 3.05) is 20.2 Å². The number of hydrogen-bond donors (Lipinski definition) is 0. The first kappa shape index (κ1) is 16.9. The van der Waals surface area contributed by atoms with Gasteiger partial charge in [-0.2, -0.15) is 0 Å². The molecule has 1 unspecified atom stereocenters. The van der Waals surface area contributed by atoms with E-state index in [0.29, 0.717) is 19.8 Å². The highest BCUT2D eigenvalue weighted by atomic mass is 16.5. The fraction of sp³-hybridized carbons (Fsp3) is 0.333. The number of rotatable bonds is 8. The van der Waals surface area contributed by atoms with Crippen LogP contribution in [0.15, 0.2) is 72.8 Å². The van der Waals surface area contributed by atoms with Gasteiger partial charge in [-0.05, 0) is 18.2 Å². The van der Waals surface area contributed by atoms with Crippen molar-refractivity contribution in [1.82, 2.24) is 4.90 Å². The number of ether oxygens (including phenoxy) is 2. The van der Waals surface area contributed by atoms with Crippen molar-refractivity contribution in [2.24, 2.45) is 0 Å². The molecule has 2 aromatic carbocycles. The summed E-state index contributed by atoms with van der Waals surface area (Å²) in [5, 5.41) is 0. The summed E-state index contributed by atoms with van der Waals surface area (Å²) in [5.74, 6) is 0. The molecule has 1 aliphatic rings. The maximum atomic E-state index is 6.20. The Bertz CT molecular complexity index is 627. The number of benzene rings is 2. The lowest BCUT2D eigenvalue weighted by Gasteiger charge is -2.28. The van der Waals surface area contributed by atoms with Crippen molar-refractivity contribution in [3.63, 3.8) is 0 Å². The molecule has 0 fully saturated rings. The lowest BCUT2D eigenvalue weighted by molar-refractivity contribution is -0.0543. The van der Waals surface area contributed by atoms with Gasteiger partial charge in [0, 0.05) is 6.54 Å². The van der Waals surface area contributed by atoms with E-state index in [2.05, 4.69) is 48.4 Å². The van der Waals surface area contributed by atoms with Crippen molar-refractivity contribution >= 4 is 0 Å². The van der Waals surface area contributed by atoms with Crippen molar-refractivity contribution in [3.05, 3.63) is 83.9 Å². The van der Waals surface area contributed by atoms with Gasteiger partial charge >= 0.3 is 0 Å². The Morgan fingerprint density at radius 1 is 0.958 bits per heavy atom. The molecular formula is C21H25NO2. The Balaban J connectivity index is 1.56. The topological polar surface area (TPSA) is 21.7 Å². The minimum atomic E-state index is 0.0256. The maximum absolute atomic E-state index is 6.20. The molecule has 3 nitrogen and oxygen atoms in total. The zero-order valence-electron chi connectivity index (χ0n) is 14.2. The molecule has 0 saturated carbocycles. The molecule has 0 saturated heterocycles. The number of hydrogen-bond acceptors (Lipinski definition) is 3. The van der Waals surface area contributed by atoms with E-state index in [9.17, 15) is 0 Å². The average molecular weight is 323 g/mol. The maximum Gasteiger partial charge on any atom is 0.100 e. The largest absolute Gasteiger partial charge is 0.374 e. The van der Waals surface area contributed by atoms with Crippen LogP contribution in [0, 0.1) is 0 Å². The van der Waals surface area contributed by atoms with E-state index in [1.165, 1.54) is 11.1 Å². The second-order valence-electron chi connectivity index (χ2n) is 6.19. The molecule has 0 aromatic heterocycles. The second-order valence-corrected chi connectivity index (χ2v) is 6.19. The molecule has 1 heterocycles. The molecule has 0 radical (unpaired) electrons. The summed E-state index contributed by atoms with van der Waals surface area (Å²) in [6.07, 6.45) is 4.44. The minimum Gasteiger partial charge on any atom is -0.374 e. The highest BCUT2D eigenvalue weighted by molar-refractivity contribution is 5.14. The summed E-state index contributed by atoms with van der Waals surface area (Å²) < 4.78 is 12.1. The zero-order valence-corrected chi connectivity index (χ0v) is 14.2.